The van der Waals surface area contributed by atoms with Gasteiger partial charge in [-0.1, -0.05) is 18.2 Å². The number of carbonyl (C=O) groups excluding carboxylic acids is 2. The fourth-order valence-electron chi connectivity index (χ4n) is 2.15. The Balaban J connectivity index is 2.13. The summed E-state index contributed by atoms with van der Waals surface area (Å²) in [6.07, 6.45) is 1.40. The predicted octanol–water partition coefficient (Wildman–Crippen LogP) is 2.27. The van der Waals surface area contributed by atoms with Crippen LogP contribution in [0.2, 0.25) is 0 Å². The van der Waals surface area contributed by atoms with Crippen LogP contribution in [0, 0.1) is 12.7 Å². The maximum absolute atomic E-state index is 13.9. The first-order valence-electron chi connectivity index (χ1n) is 6.98. The van der Waals surface area contributed by atoms with Gasteiger partial charge in [-0.05, 0) is 30.7 Å². The van der Waals surface area contributed by atoms with Crippen molar-refractivity contribution in [2.45, 2.75) is 19.4 Å². The van der Waals surface area contributed by atoms with Gasteiger partial charge in [-0.3, -0.25) is 4.79 Å². The number of nitrogens with zero attached hydrogens (tertiary/aromatic N) is 1. The number of amides is 3. The molecule has 1 heterocycles. The molecule has 0 aliphatic rings. The second-order valence-electron chi connectivity index (χ2n) is 5.05. The van der Waals surface area contributed by atoms with Crippen LogP contribution < -0.4 is 16.4 Å². The van der Waals surface area contributed by atoms with E-state index in [1.807, 2.05) is 6.92 Å². The first-order chi connectivity index (χ1) is 11.0. The maximum Gasteiger partial charge on any atom is 0.312 e. The summed E-state index contributed by atoms with van der Waals surface area (Å²) < 4.78 is 13.9. The minimum absolute atomic E-state index is 0.167. The fourth-order valence-corrected chi connectivity index (χ4v) is 2.15. The number of pyridine rings is 1. The Hall–Kier alpha value is -2.96. The van der Waals surface area contributed by atoms with Crippen molar-refractivity contribution in [3.63, 3.8) is 0 Å². The number of urea groups is 1. The van der Waals surface area contributed by atoms with E-state index < -0.39 is 23.8 Å². The normalized spacial score (nSPS) is 11.6. The molecule has 6 nitrogen and oxygen atoms in total. The Kier molecular flexibility index (Phi) is 5.24. The van der Waals surface area contributed by atoms with Crippen molar-refractivity contribution in [3.8, 4) is 0 Å². The number of hydrogen-bond acceptors (Lipinski definition) is 3. The number of carbonyl (C=O) groups is 2. The van der Waals surface area contributed by atoms with Gasteiger partial charge in [-0.2, -0.15) is 0 Å². The number of aryl methyl sites for hydroxylation is 1. The van der Waals surface area contributed by atoms with Crippen LogP contribution in [0.4, 0.5) is 15.0 Å². The molecule has 120 valence electrons. The summed E-state index contributed by atoms with van der Waals surface area (Å²) in [6.45, 7) is 1.87. The molecule has 2 rings (SSSR count). The molecule has 1 aromatic carbocycles. The van der Waals surface area contributed by atoms with Crippen molar-refractivity contribution in [2.75, 3.05) is 5.32 Å². The molecule has 1 atom stereocenters. The van der Waals surface area contributed by atoms with Gasteiger partial charge in [0, 0.05) is 11.8 Å². The number of nitrogens with two attached hydrogens (primary N) is 1. The van der Waals surface area contributed by atoms with Crippen LogP contribution in [0.3, 0.4) is 0 Å². The number of nitrogens with one attached hydrogen (secondary N) is 2. The molecule has 4 N–H and O–H groups in total. The van der Waals surface area contributed by atoms with Crippen LogP contribution in [0.5, 0.6) is 0 Å². The highest BCUT2D eigenvalue weighted by Gasteiger charge is 2.20. The van der Waals surface area contributed by atoms with Crippen molar-refractivity contribution in [1.82, 2.24) is 10.3 Å². The topological polar surface area (TPSA) is 97.1 Å². The Morgan fingerprint density at radius 2 is 2.04 bits per heavy atom. The zero-order valence-electron chi connectivity index (χ0n) is 12.5. The number of benzene rings is 1. The summed E-state index contributed by atoms with van der Waals surface area (Å²) in [5.74, 6) is -0.542. The first kappa shape index (κ1) is 16.4. The average Bonchev–Trinajstić information content (AvgIpc) is 2.46. The molecule has 0 aliphatic heterocycles. The van der Waals surface area contributed by atoms with E-state index in [9.17, 15) is 14.0 Å². The minimum Gasteiger partial charge on any atom is -0.352 e. The van der Waals surface area contributed by atoms with Crippen LogP contribution in [0.1, 0.15) is 23.6 Å². The zero-order chi connectivity index (χ0) is 16.8. The minimum atomic E-state index is -0.862. The zero-order valence-corrected chi connectivity index (χ0v) is 12.5. The Morgan fingerprint density at radius 1 is 1.30 bits per heavy atom. The van der Waals surface area contributed by atoms with E-state index >= 15 is 0 Å². The third kappa shape index (κ3) is 4.77. The number of aromatic nitrogens is 1. The standard InChI is InChI=1S/C16H17FN4O2/c1-10-6-7-19-14(8-10)21-15(22)9-13(20-16(18)23)11-4-2-3-5-12(11)17/h2-8,13H,9H2,1H3,(H3,18,20,23)(H,19,21,22)/t13-/m0/s1. The number of anilines is 1. The quantitative estimate of drug-likeness (QED) is 0.789. The number of primary amides is 1. The van der Waals surface area contributed by atoms with Crippen molar-refractivity contribution in [2.24, 2.45) is 5.73 Å². The van der Waals surface area contributed by atoms with Gasteiger partial charge in [-0.15, -0.1) is 0 Å². The summed E-state index contributed by atoms with van der Waals surface area (Å²) in [4.78, 5) is 27.3. The summed E-state index contributed by atoms with van der Waals surface area (Å²) >= 11 is 0. The maximum atomic E-state index is 13.9. The highest BCUT2D eigenvalue weighted by atomic mass is 19.1. The van der Waals surface area contributed by atoms with Crippen molar-refractivity contribution < 1.29 is 14.0 Å². The fraction of sp³-hybridized carbons (Fsp3) is 0.188. The molecule has 0 fully saturated rings. The molecule has 1 aromatic heterocycles. The third-order valence-corrected chi connectivity index (χ3v) is 3.17. The first-order valence-corrected chi connectivity index (χ1v) is 6.98. The van der Waals surface area contributed by atoms with Gasteiger partial charge in [0.05, 0.1) is 12.5 Å². The van der Waals surface area contributed by atoms with Gasteiger partial charge in [0.1, 0.15) is 11.6 Å². The molecule has 0 radical (unpaired) electrons. The van der Waals surface area contributed by atoms with E-state index in [2.05, 4.69) is 15.6 Å². The summed E-state index contributed by atoms with van der Waals surface area (Å²) in [5.41, 5.74) is 6.25. The molecule has 7 heteroatoms. The monoisotopic (exact) mass is 316 g/mol. The second kappa shape index (κ2) is 7.35. The van der Waals surface area contributed by atoms with Gasteiger partial charge < -0.3 is 16.4 Å². The largest absolute Gasteiger partial charge is 0.352 e. The van der Waals surface area contributed by atoms with Gasteiger partial charge in [-0.25, -0.2) is 14.2 Å². The Morgan fingerprint density at radius 3 is 2.70 bits per heavy atom. The van der Waals surface area contributed by atoms with Gasteiger partial charge in [0.25, 0.3) is 0 Å². The molecule has 0 saturated heterocycles. The van der Waals surface area contributed by atoms with Gasteiger partial charge in [0.2, 0.25) is 5.91 Å². The second-order valence-corrected chi connectivity index (χ2v) is 5.05. The lowest BCUT2D eigenvalue weighted by Crippen LogP contribution is -2.35. The molecule has 2 aromatic rings. The highest BCUT2D eigenvalue weighted by Crippen LogP contribution is 2.20. The van der Waals surface area contributed by atoms with E-state index in [1.165, 1.54) is 18.2 Å². The van der Waals surface area contributed by atoms with E-state index in [4.69, 9.17) is 5.73 Å². The molecule has 23 heavy (non-hydrogen) atoms. The lowest BCUT2D eigenvalue weighted by atomic mass is 10.0. The van der Waals surface area contributed by atoms with Crippen molar-refractivity contribution >= 4 is 17.8 Å². The third-order valence-electron chi connectivity index (χ3n) is 3.17. The van der Waals surface area contributed by atoms with Crippen LogP contribution in [-0.2, 0) is 4.79 Å². The molecular formula is C16H17FN4O2. The predicted molar refractivity (Wildman–Crippen MR) is 84.1 cm³/mol. The van der Waals surface area contributed by atoms with Gasteiger partial charge in [0.15, 0.2) is 0 Å². The van der Waals surface area contributed by atoms with Crippen LogP contribution >= 0.6 is 0 Å². The molecule has 0 aliphatic carbocycles. The van der Waals surface area contributed by atoms with Crippen LogP contribution in [0.15, 0.2) is 42.6 Å². The Bertz CT molecular complexity index is 721. The van der Waals surface area contributed by atoms with Crippen LogP contribution in [0.25, 0.3) is 0 Å². The van der Waals surface area contributed by atoms with E-state index in [-0.39, 0.29) is 12.0 Å². The molecule has 0 unspecified atom stereocenters. The molecule has 3 amide bonds. The highest BCUT2D eigenvalue weighted by molar-refractivity contribution is 5.90. The summed E-state index contributed by atoms with van der Waals surface area (Å²) in [6, 6.07) is 7.70. The number of rotatable bonds is 5. The average molecular weight is 316 g/mol. The summed E-state index contributed by atoms with van der Waals surface area (Å²) in [7, 11) is 0. The molecule has 0 saturated carbocycles. The van der Waals surface area contributed by atoms with Gasteiger partial charge >= 0.3 is 6.03 Å². The lowest BCUT2D eigenvalue weighted by molar-refractivity contribution is -0.116. The molecular weight excluding hydrogens is 299 g/mol. The summed E-state index contributed by atoms with van der Waals surface area (Å²) in [5, 5.41) is 4.99. The Labute approximate surface area is 132 Å². The van der Waals surface area contributed by atoms with E-state index in [0.29, 0.717) is 5.82 Å². The molecule has 0 spiro atoms. The van der Waals surface area contributed by atoms with Crippen molar-refractivity contribution in [1.29, 1.82) is 0 Å². The molecule has 0 bridgehead atoms. The SMILES string of the molecule is Cc1ccnc(NC(=O)C[C@H](NC(N)=O)c2ccccc2F)c1. The van der Waals surface area contributed by atoms with Crippen molar-refractivity contribution in [3.05, 3.63) is 59.5 Å². The number of hydrogen-bond donors (Lipinski definition) is 3. The van der Waals surface area contributed by atoms with E-state index in [0.717, 1.165) is 5.56 Å². The van der Waals surface area contributed by atoms with E-state index in [1.54, 1.807) is 24.4 Å². The smallest absolute Gasteiger partial charge is 0.312 e. The lowest BCUT2D eigenvalue weighted by Gasteiger charge is -2.18. The number of halogens is 1. The van der Waals surface area contributed by atoms with Crippen LogP contribution in [-0.4, -0.2) is 16.9 Å².